The number of allylic oxidation sites excluding steroid dienone is 3. The lowest BCUT2D eigenvalue weighted by molar-refractivity contribution is -0.161. The van der Waals surface area contributed by atoms with E-state index in [4.69, 9.17) is 19.3 Å². The van der Waals surface area contributed by atoms with E-state index in [9.17, 15) is 29.2 Å². The van der Waals surface area contributed by atoms with E-state index in [1.165, 1.54) is 109 Å². The summed E-state index contributed by atoms with van der Waals surface area (Å²) in [5.41, 5.74) is 0. The first-order valence-corrected chi connectivity index (χ1v) is 25.3. The fourth-order valence-electron chi connectivity index (χ4n) is 7.71. The molecule has 1 rings (SSSR count). The highest BCUT2D eigenvalue weighted by Crippen LogP contribution is 2.36. The number of esters is 2. The summed E-state index contributed by atoms with van der Waals surface area (Å²) in [6.07, 6.45) is 37.0. The monoisotopic (exact) mass is 857 g/mol. The van der Waals surface area contributed by atoms with Crippen LogP contribution in [0.15, 0.2) is 24.3 Å². The summed E-state index contributed by atoms with van der Waals surface area (Å²) in [4.78, 5) is 55.6. The molecule has 59 heavy (non-hydrogen) atoms. The van der Waals surface area contributed by atoms with Gasteiger partial charge >= 0.3 is 19.8 Å². The number of carbonyl (C=O) groups excluding carboxylic acids is 3. The maximum Gasteiger partial charge on any atom is 0.469 e. The van der Waals surface area contributed by atoms with E-state index in [-0.39, 0.29) is 37.6 Å². The fourth-order valence-corrected chi connectivity index (χ4v) is 8.07. The van der Waals surface area contributed by atoms with Gasteiger partial charge in [-0.15, -0.1) is 0 Å². The summed E-state index contributed by atoms with van der Waals surface area (Å²) in [5, 5.41) is 20.7. The van der Waals surface area contributed by atoms with Gasteiger partial charge in [-0.2, -0.15) is 0 Å². The lowest BCUT2D eigenvalue weighted by Gasteiger charge is -2.18. The van der Waals surface area contributed by atoms with Crippen LogP contribution < -0.4 is 0 Å². The summed E-state index contributed by atoms with van der Waals surface area (Å²) < 4.78 is 26.4. The third-order valence-electron chi connectivity index (χ3n) is 11.3. The SMILES string of the molecule is CCCCCCCCCCCCCCCCCCCCCCCC(=O)O[C@H](COC(=O)CCC/C=C\C[C@H]1[C@@H](O)CC(=O)[C@@H]1/C=C/[C@@H](O)CCCCC)COP(=O)(O)O. The summed E-state index contributed by atoms with van der Waals surface area (Å²) in [6.45, 7) is 3.39. The number of unbranched alkanes of at least 4 members (excludes halogenated alkanes) is 23. The summed E-state index contributed by atoms with van der Waals surface area (Å²) >= 11 is 0. The van der Waals surface area contributed by atoms with Crippen molar-refractivity contribution in [1.82, 2.24) is 0 Å². The Bertz CT molecular complexity index is 1170. The highest BCUT2D eigenvalue weighted by Gasteiger charge is 2.39. The summed E-state index contributed by atoms with van der Waals surface area (Å²) in [6, 6.07) is 0. The zero-order valence-corrected chi connectivity index (χ0v) is 38.0. The van der Waals surface area contributed by atoms with Gasteiger partial charge in [0.2, 0.25) is 0 Å². The minimum absolute atomic E-state index is 0.0307. The highest BCUT2D eigenvalue weighted by molar-refractivity contribution is 7.46. The Balaban J connectivity index is 2.19. The molecule has 4 N–H and O–H groups in total. The molecule has 11 nitrogen and oxygen atoms in total. The molecule has 344 valence electrons. The van der Waals surface area contributed by atoms with Crippen LogP contribution in [0.2, 0.25) is 0 Å². The Morgan fingerprint density at radius 3 is 1.71 bits per heavy atom. The molecule has 0 aromatic carbocycles. The van der Waals surface area contributed by atoms with Gasteiger partial charge in [0.05, 0.1) is 18.8 Å². The maximum atomic E-state index is 12.5. The van der Waals surface area contributed by atoms with Gasteiger partial charge in [-0.3, -0.25) is 18.9 Å². The number of hydrogen-bond donors (Lipinski definition) is 4. The summed E-state index contributed by atoms with van der Waals surface area (Å²) in [7, 11) is -4.82. The van der Waals surface area contributed by atoms with E-state index >= 15 is 0 Å². The molecule has 12 heteroatoms. The largest absolute Gasteiger partial charge is 0.469 e. The number of phosphoric ester groups is 1. The van der Waals surface area contributed by atoms with E-state index < -0.39 is 50.6 Å². The van der Waals surface area contributed by atoms with Crippen molar-refractivity contribution < 1.29 is 52.9 Å². The molecular formula is C47H85O11P. The predicted molar refractivity (Wildman–Crippen MR) is 236 cm³/mol. The zero-order valence-electron chi connectivity index (χ0n) is 37.1. The van der Waals surface area contributed by atoms with Gasteiger partial charge in [-0.1, -0.05) is 186 Å². The summed E-state index contributed by atoms with van der Waals surface area (Å²) in [5.74, 6) is -1.81. The number of carbonyl (C=O) groups is 3. The molecule has 1 fully saturated rings. The van der Waals surface area contributed by atoms with Crippen LogP contribution in [0.1, 0.15) is 213 Å². The van der Waals surface area contributed by atoms with Crippen LogP contribution >= 0.6 is 7.82 Å². The third kappa shape index (κ3) is 32.5. The van der Waals surface area contributed by atoms with Gasteiger partial charge in [-0.25, -0.2) is 4.57 Å². The Labute approximate surface area is 358 Å². The lowest BCUT2D eigenvalue weighted by Crippen LogP contribution is -2.29. The Kier molecular flexibility index (Phi) is 34.3. The molecule has 0 saturated heterocycles. The van der Waals surface area contributed by atoms with Gasteiger partial charge in [0.15, 0.2) is 6.10 Å². The molecule has 0 heterocycles. The molecule has 1 aliphatic carbocycles. The van der Waals surface area contributed by atoms with Gasteiger partial charge in [0.1, 0.15) is 12.4 Å². The fraction of sp³-hybridized carbons (Fsp3) is 0.851. The number of ketones is 1. The van der Waals surface area contributed by atoms with Crippen molar-refractivity contribution in [3.8, 4) is 0 Å². The molecule has 0 radical (unpaired) electrons. The highest BCUT2D eigenvalue weighted by atomic mass is 31.2. The van der Waals surface area contributed by atoms with Crippen LogP contribution in [0.25, 0.3) is 0 Å². The van der Waals surface area contributed by atoms with Crippen molar-refractivity contribution in [3.05, 3.63) is 24.3 Å². The smallest absolute Gasteiger partial charge is 0.462 e. The van der Waals surface area contributed by atoms with Crippen molar-refractivity contribution in [2.45, 2.75) is 231 Å². The number of Topliss-reactive ketones (excluding diaryl/α,β-unsaturated/α-hetero) is 1. The molecule has 0 bridgehead atoms. The Morgan fingerprint density at radius 2 is 1.19 bits per heavy atom. The quantitative estimate of drug-likeness (QED) is 0.0200. The van der Waals surface area contributed by atoms with Gasteiger partial charge in [-0.05, 0) is 32.1 Å². The Morgan fingerprint density at radius 1 is 0.695 bits per heavy atom. The average Bonchev–Trinajstić information content (AvgIpc) is 3.47. The van der Waals surface area contributed by atoms with E-state index in [0.29, 0.717) is 32.1 Å². The van der Waals surface area contributed by atoms with Crippen molar-refractivity contribution in [2.75, 3.05) is 13.2 Å². The number of aliphatic hydroxyl groups is 2. The van der Waals surface area contributed by atoms with E-state index in [1.807, 2.05) is 12.2 Å². The molecular weight excluding hydrogens is 771 g/mol. The van der Waals surface area contributed by atoms with Crippen molar-refractivity contribution in [2.24, 2.45) is 11.8 Å². The molecule has 0 aliphatic heterocycles. The zero-order chi connectivity index (χ0) is 43.4. The Hall–Kier alpha value is -1.88. The topological polar surface area (TPSA) is 177 Å². The van der Waals surface area contributed by atoms with Crippen molar-refractivity contribution >= 4 is 25.5 Å². The van der Waals surface area contributed by atoms with Crippen LogP contribution in [0, 0.1) is 11.8 Å². The second-order valence-electron chi connectivity index (χ2n) is 16.9. The van der Waals surface area contributed by atoms with Crippen LogP contribution in [0.4, 0.5) is 0 Å². The van der Waals surface area contributed by atoms with E-state index in [2.05, 4.69) is 18.4 Å². The van der Waals surface area contributed by atoms with Crippen molar-refractivity contribution in [1.29, 1.82) is 0 Å². The standard InChI is InChI=1S/C47H85O11P/c1-3-5-7-8-9-10-11-12-13-14-15-16-17-18-19-20-21-22-23-24-30-34-47(52)58-41(39-57-59(53,54)55)38-56-46(51)33-29-26-25-28-32-42-43(45(50)37-44(42)49)36-35-40(48)31-27-6-4-2/h25,28,35-36,40-44,48-49H,3-24,26-27,29-34,37-39H2,1-2H3,(H2,53,54,55)/b28-25-,36-35+/t40-,41+,42+,43+,44-/m0/s1. The number of ether oxygens (including phenoxy) is 2. The number of phosphoric acid groups is 1. The van der Waals surface area contributed by atoms with Crippen LogP contribution in [0.3, 0.4) is 0 Å². The first-order valence-electron chi connectivity index (χ1n) is 23.7. The van der Waals surface area contributed by atoms with Crippen LogP contribution in [-0.4, -0.2) is 69.2 Å². The normalized spacial score (nSPS) is 18.3. The molecule has 5 atom stereocenters. The van der Waals surface area contributed by atoms with Crippen LogP contribution in [-0.2, 0) is 32.9 Å². The number of rotatable bonds is 40. The van der Waals surface area contributed by atoms with Gasteiger partial charge < -0.3 is 29.5 Å². The van der Waals surface area contributed by atoms with Crippen molar-refractivity contribution in [3.63, 3.8) is 0 Å². The molecule has 0 amide bonds. The molecule has 1 aliphatic rings. The maximum absolute atomic E-state index is 12.5. The molecule has 1 saturated carbocycles. The van der Waals surface area contributed by atoms with Crippen LogP contribution in [0.5, 0.6) is 0 Å². The van der Waals surface area contributed by atoms with E-state index in [0.717, 1.165) is 38.5 Å². The lowest BCUT2D eigenvalue weighted by atomic mass is 9.90. The second kappa shape index (κ2) is 36.7. The molecule has 0 unspecified atom stereocenters. The number of aliphatic hydroxyl groups excluding tert-OH is 2. The molecule has 0 spiro atoms. The van der Waals surface area contributed by atoms with E-state index in [1.54, 1.807) is 12.2 Å². The first-order chi connectivity index (χ1) is 28.5. The average molecular weight is 857 g/mol. The molecule has 0 aromatic heterocycles. The third-order valence-corrected chi connectivity index (χ3v) is 11.8. The second-order valence-corrected chi connectivity index (χ2v) is 18.1. The molecule has 0 aromatic rings. The predicted octanol–water partition coefficient (Wildman–Crippen LogP) is 11.3. The minimum atomic E-state index is -4.82. The first kappa shape index (κ1) is 55.1. The van der Waals surface area contributed by atoms with Gasteiger partial charge in [0.25, 0.3) is 0 Å². The number of hydrogen-bond acceptors (Lipinski definition) is 9. The van der Waals surface area contributed by atoms with Gasteiger partial charge in [0, 0.05) is 31.1 Å². The minimum Gasteiger partial charge on any atom is -0.462 e.